The molecule has 3 N–H and O–H groups in total. The Balaban J connectivity index is 1.51. The van der Waals surface area contributed by atoms with Gasteiger partial charge >= 0.3 is 0 Å². The minimum Gasteiger partial charge on any atom is -0.345 e. The van der Waals surface area contributed by atoms with Crippen molar-refractivity contribution in [2.75, 3.05) is 0 Å². The fraction of sp³-hybridized carbons (Fsp3) is 0.304. The summed E-state index contributed by atoms with van der Waals surface area (Å²) in [6.45, 7) is 1.68. The number of benzene rings is 2. The van der Waals surface area contributed by atoms with E-state index in [1.807, 2.05) is 42.5 Å². The lowest BCUT2D eigenvalue weighted by molar-refractivity contribution is -0.128. The van der Waals surface area contributed by atoms with Crippen molar-refractivity contribution in [1.29, 1.82) is 0 Å². The molecule has 3 aromatic rings. The molecular formula is C23H26ClN5O2. The van der Waals surface area contributed by atoms with Crippen LogP contribution in [0.1, 0.15) is 30.9 Å². The number of nitrogens with zero attached hydrogens (tertiary/aromatic N) is 3. The van der Waals surface area contributed by atoms with Crippen molar-refractivity contribution in [2.24, 2.45) is 5.73 Å². The maximum atomic E-state index is 12.6. The molecule has 0 spiro atoms. The van der Waals surface area contributed by atoms with Crippen molar-refractivity contribution in [3.63, 3.8) is 0 Å². The van der Waals surface area contributed by atoms with Gasteiger partial charge in [-0.1, -0.05) is 41.9 Å². The van der Waals surface area contributed by atoms with Crippen LogP contribution >= 0.6 is 11.6 Å². The summed E-state index contributed by atoms with van der Waals surface area (Å²) in [5, 5.41) is 7.46. The van der Waals surface area contributed by atoms with Crippen molar-refractivity contribution in [3.8, 4) is 5.69 Å². The van der Waals surface area contributed by atoms with E-state index in [-0.39, 0.29) is 18.1 Å². The highest BCUT2D eigenvalue weighted by Gasteiger charge is 2.20. The maximum absolute atomic E-state index is 12.6. The number of hydrogen-bond donors (Lipinski definition) is 2. The molecule has 0 unspecified atom stereocenters. The molecule has 1 heterocycles. The van der Waals surface area contributed by atoms with Crippen LogP contribution in [0.15, 0.2) is 61.2 Å². The Hall–Kier alpha value is -3.03. The minimum absolute atomic E-state index is 0.0758. The summed E-state index contributed by atoms with van der Waals surface area (Å²) in [6, 6.07) is 14.0. The third kappa shape index (κ3) is 6.47. The molecule has 0 radical (unpaired) electrons. The van der Waals surface area contributed by atoms with Crippen molar-refractivity contribution in [1.82, 2.24) is 20.1 Å². The largest absolute Gasteiger partial charge is 0.345 e. The summed E-state index contributed by atoms with van der Waals surface area (Å²) in [5.74, 6) is -0.393. The Morgan fingerprint density at radius 1 is 1.16 bits per heavy atom. The number of carbonyl (C=O) groups excluding carboxylic acids is 2. The van der Waals surface area contributed by atoms with Crippen LogP contribution < -0.4 is 11.1 Å². The van der Waals surface area contributed by atoms with Gasteiger partial charge in [0.1, 0.15) is 12.7 Å². The topological polar surface area (TPSA) is 103 Å². The normalized spacial score (nSPS) is 12.9. The van der Waals surface area contributed by atoms with Gasteiger partial charge in [0.25, 0.3) is 0 Å². The number of rotatable bonds is 10. The van der Waals surface area contributed by atoms with E-state index in [0.29, 0.717) is 24.3 Å². The van der Waals surface area contributed by atoms with E-state index in [0.717, 1.165) is 16.8 Å². The average Bonchev–Trinajstić information content (AvgIpc) is 3.31. The number of nitrogens with two attached hydrogens (primary N) is 1. The minimum atomic E-state index is -0.665. The van der Waals surface area contributed by atoms with E-state index < -0.39 is 12.1 Å². The van der Waals surface area contributed by atoms with Gasteiger partial charge in [0.05, 0.1) is 17.8 Å². The molecule has 7 nitrogen and oxygen atoms in total. The molecular weight excluding hydrogens is 414 g/mol. The van der Waals surface area contributed by atoms with Crippen LogP contribution in [-0.2, 0) is 22.4 Å². The quantitative estimate of drug-likeness (QED) is 0.505. The van der Waals surface area contributed by atoms with Gasteiger partial charge < -0.3 is 11.1 Å². The first-order valence-electron chi connectivity index (χ1n) is 10.2. The second-order valence-electron chi connectivity index (χ2n) is 7.44. The number of carbonyl (C=O) groups is 2. The lowest BCUT2D eigenvalue weighted by atomic mass is 10.0. The van der Waals surface area contributed by atoms with Gasteiger partial charge in [-0.2, -0.15) is 5.10 Å². The van der Waals surface area contributed by atoms with Crippen LogP contribution in [0.3, 0.4) is 0 Å². The Labute approximate surface area is 186 Å². The molecule has 3 rings (SSSR count). The van der Waals surface area contributed by atoms with Crippen LogP contribution in [0.4, 0.5) is 0 Å². The molecule has 0 bridgehead atoms. The van der Waals surface area contributed by atoms with E-state index in [4.69, 9.17) is 17.3 Å². The van der Waals surface area contributed by atoms with Gasteiger partial charge in [-0.05, 0) is 55.5 Å². The lowest BCUT2D eigenvalue weighted by Crippen LogP contribution is -2.47. The van der Waals surface area contributed by atoms with Crippen LogP contribution in [0, 0.1) is 0 Å². The van der Waals surface area contributed by atoms with Gasteiger partial charge in [0.2, 0.25) is 5.91 Å². The third-order valence-electron chi connectivity index (χ3n) is 5.11. The second-order valence-corrected chi connectivity index (χ2v) is 7.88. The number of aryl methyl sites for hydroxylation is 2. The molecule has 8 heteroatoms. The highest BCUT2D eigenvalue weighted by atomic mass is 35.5. The van der Waals surface area contributed by atoms with E-state index in [1.54, 1.807) is 24.0 Å². The zero-order valence-corrected chi connectivity index (χ0v) is 18.1. The number of nitrogens with one attached hydrogen (secondary N) is 1. The molecule has 31 heavy (non-hydrogen) atoms. The number of amides is 1. The average molecular weight is 440 g/mol. The predicted molar refractivity (Wildman–Crippen MR) is 120 cm³/mol. The summed E-state index contributed by atoms with van der Waals surface area (Å²) < 4.78 is 1.63. The maximum Gasteiger partial charge on any atom is 0.237 e. The fourth-order valence-electron chi connectivity index (χ4n) is 3.28. The standard InChI is InChI=1S/C23H26ClN5O2/c1-16(28-23(31)20(25)10-7-17-5-3-2-4-6-17)22(30)12-8-18-13-19(24)9-11-21(18)29-15-26-14-27-29/h2-6,9,11,13-16,20H,7-8,10,12,25H2,1H3,(H,28,31)/t16-,20+/m0/s1. The molecule has 0 aliphatic carbocycles. The predicted octanol–water partition coefficient (Wildman–Crippen LogP) is 2.89. The van der Waals surface area contributed by atoms with Gasteiger partial charge in [-0.15, -0.1) is 0 Å². The first-order chi connectivity index (χ1) is 14.9. The first kappa shape index (κ1) is 22.7. The zero-order valence-electron chi connectivity index (χ0n) is 17.4. The molecule has 0 saturated heterocycles. The summed E-state index contributed by atoms with van der Waals surface area (Å²) in [4.78, 5) is 29.0. The van der Waals surface area contributed by atoms with Crippen molar-refractivity contribution < 1.29 is 9.59 Å². The smallest absolute Gasteiger partial charge is 0.237 e. The van der Waals surface area contributed by atoms with Gasteiger partial charge in [-0.3, -0.25) is 9.59 Å². The number of hydrogen-bond acceptors (Lipinski definition) is 5. The highest BCUT2D eigenvalue weighted by Crippen LogP contribution is 2.21. The Morgan fingerprint density at radius 2 is 1.94 bits per heavy atom. The molecule has 0 aliphatic rings. The van der Waals surface area contributed by atoms with Crippen LogP contribution in [-0.4, -0.2) is 38.5 Å². The third-order valence-corrected chi connectivity index (χ3v) is 5.35. The molecule has 162 valence electrons. The molecule has 0 saturated carbocycles. The van der Waals surface area contributed by atoms with E-state index >= 15 is 0 Å². The number of halogens is 1. The van der Waals surface area contributed by atoms with E-state index in [2.05, 4.69) is 15.4 Å². The lowest BCUT2D eigenvalue weighted by Gasteiger charge is -2.17. The van der Waals surface area contributed by atoms with Gasteiger partial charge in [0.15, 0.2) is 5.78 Å². The number of Topliss-reactive ketones (excluding diaryl/α,β-unsaturated/α-hetero) is 1. The van der Waals surface area contributed by atoms with Crippen LogP contribution in [0.5, 0.6) is 0 Å². The van der Waals surface area contributed by atoms with Gasteiger partial charge in [-0.25, -0.2) is 9.67 Å². The van der Waals surface area contributed by atoms with E-state index in [9.17, 15) is 9.59 Å². The van der Waals surface area contributed by atoms with Crippen LogP contribution in [0.25, 0.3) is 5.69 Å². The van der Waals surface area contributed by atoms with Crippen LogP contribution in [0.2, 0.25) is 5.02 Å². The molecule has 1 aromatic heterocycles. The SMILES string of the molecule is C[C@H](NC(=O)[C@H](N)CCc1ccccc1)C(=O)CCc1cc(Cl)ccc1-n1cncn1. The molecule has 0 aliphatic heterocycles. The highest BCUT2D eigenvalue weighted by molar-refractivity contribution is 6.30. The summed E-state index contributed by atoms with van der Waals surface area (Å²) in [7, 11) is 0. The summed E-state index contributed by atoms with van der Waals surface area (Å²) in [5.41, 5.74) is 8.83. The van der Waals surface area contributed by atoms with Crippen molar-refractivity contribution in [2.45, 2.75) is 44.7 Å². The van der Waals surface area contributed by atoms with Crippen molar-refractivity contribution in [3.05, 3.63) is 77.3 Å². The molecule has 0 fully saturated rings. The fourth-order valence-corrected chi connectivity index (χ4v) is 3.48. The zero-order chi connectivity index (χ0) is 22.2. The molecule has 1 amide bonds. The second kappa shape index (κ2) is 10.8. The Bertz CT molecular complexity index is 1010. The summed E-state index contributed by atoms with van der Waals surface area (Å²) in [6.07, 6.45) is 4.98. The molecule has 2 aromatic carbocycles. The van der Waals surface area contributed by atoms with Crippen molar-refractivity contribution >= 4 is 23.3 Å². The number of ketones is 1. The Morgan fingerprint density at radius 3 is 2.65 bits per heavy atom. The number of aromatic nitrogens is 3. The summed E-state index contributed by atoms with van der Waals surface area (Å²) >= 11 is 6.13. The Kier molecular flexibility index (Phi) is 7.92. The van der Waals surface area contributed by atoms with Gasteiger partial charge in [0, 0.05) is 11.4 Å². The first-order valence-corrected chi connectivity index (χ1v) is 10.6. The monoisotopic (exact) mass is 439 g/mol. The molecule has 2 atom stereocenters. The van der Waals surface area contributed by atoms with E-state index in [1.165, 1.54) is 6.33 Å².